The summed E-state index contributed by atoms with van der Waals surface area (Å²) in [6.07, 6.45) is 0. The van der Waals surface area contributed by atoms with Crippen LogP contribution < -0.4 is 10.5 Å². The average Bonchev–Trinajstić information content (AvgIpc) is 1.93. The monoisotopic (exact) mass is 162 g/mol. The fraction of sp³-hybridized carbons (Fsp3) is 0.200. The van der Waals surface area contributed by atoms with E-state index in [2.05, 4.69) is 14.9 Å². The molecule has 1 heterocycles. The number of aromatic nitrogens is 2. The molecule has 0 spiro atoms. The van der Waals surface area contributed by atoms with Crippen molar-refractivity contribution in [1.29, 1.82) is 0 Å². The first-order chi connectivity index (χ1) is 5.88. The topological polar surface area (TPSA) is 61.0 Å². The van der Waals surface area contributed by atoms with Gasteiger partial charge in [-0.25, -0.2) is 0 Å². The Morgan fingerprint density at radius 1 is 1.80 bits per heavy atom. The van der Waals surface area contributed by atoms with E-state index in [9.17, 15) is 0 Å². The van der Waals surface area contributed by atoms with Crippen LogP contribution in [0.25, 0.3) is 0 Å². The van der Waals surface area contributed by atoms with Crippen molar-refractivity contribution in [3.8, 4) is 5.88 Å². The van der Waals surface area contributed by atoms with Crippen LogP contribution >= 0.6 is 11.6 Å². The van der Waals surface area contributed by atoms with E-state index in [4.69, 9.17) is 21.4 Å². The Hall–Kier alpha value is -1.03. The van der Waals surface area contributed by atoms with Crippen molar-refractivity contribution < 1.29 is 8.85 Å². The summed E-state index contributed by atoms with van der Waals surface area (Å²) in [5.74, 6) is -0.246. The molecule has 5 heteroatoms. The molecule has 0 aliphatic heterocycles. The van der Waals surface area contributed by atoms with Crippen LogP contribution in [-0.2, 0) is 0 Å². The van der Waals surface area contributed by atoms with Crippen molar-refractivity contribution in [1.82, 2.24) is 10.2 Å². The van der Waals surface area contributed by atoms with Crippen molar-refractivity contribution in [3.63, 3.8) is 0 Å². The number of ether oxygens (including phenoxy) is 1. The van der Waals surface area contributed by atoms with E-state index in [1.165, 1.54) is 6.07 Å². The zero-order valence-electron chi connectivity index (χ0n) is 7.84. The summed E-state index contributed by atoms with van der Waals surface area (Å²) in [4.78, 5) is 0. The highest BCUT2D eigenvalue weighted by molar-refractivity contribution is 6.29. The minimum atomic E-state index is -2.59. The second kappa shape index (κ2) is 2.70. The summed E-state index contributed by atoms with van der Waals surface area (Å²) in [5.41, 5.74) is 5.40. The molecule has 0 bridgehead atoms. The first-order valence-electron chi connectivity index (χ1n) is 3.86. The third-order valence-electron chi connectivity index (χ3n) is 0.855. The fourth-order valence-electron chi connectivity index (χ4n) is 0.449. The normalized spacial score (nSPS) is 15.1. The van der Waals surface area contributed by atoms with Gasteiger partial charge in [0.05, 0.1) is 16.8 Å². The Morgan fingerprint density at radius 3 is 3.20 bits per heavy atom. The Balaban J connectivity index is 2.90. The van der Waals surface area contributed by atoms with E-state index in [0.29, 0.717) is 0 Å². The molecular formula is C5H6ClN3O. The van der Waals surface area contributed by atoms with Gasteiger partial charge in [0.15, 0.2) is 5.15 Å². The molecule has 0 aromatic carbocycles. The van der Waals surface area contributed by atoms with Gasteiger partial charge in [-0.2, -0.15) is 0 Å². The van der Waals surface area contributed by atoms with Crippen molar-refractivity contribution in [2.75, 3.05) is 12.8 Å². The van der Waals surface area contributed by atoms with Gasteiger partial charge in [-0.3, -0.25) is 0 Å². The molecule has 0 aliphatic rings. The van der Waals surface area contributed by atoms with Crippen LogP contribution in [0.15, 0.2) is 6.07 Å². The van der Waals surface area contributed by atoms with Gasteiger partial charge in [-0.1, -0.05) is 11.6 Å². The van der Waals surface area contributed by atoms with Crippen LogP contribution in [0, 0.1) is 0 Å². The molecule has 0 atom stereocenters. The number of rotatable bonds is 1. The number of methoxy groups -OCH3 is 1. The summed E-state index contributed by atoms with van der Waals surface area (Å²) >= 11 is 5.44. The molecule has 54 valence electrons. The molecule has 1 aromatic rings. The third-order valence-corrected chi connectivity index (χ3v) is 1.04. The van der Waals surface area contributed by atoms with E-state index in [1.54, 1.807) is 0 Å². The highest BCUT2D eigenvalue weighted by atomic mass is 35.5. The maximum absolute atomic E-state index is 6.77. The summed E-state index contributed by atoms with van der Waals surface area (Å²) in [6.45, 7) is 0. The number of hydrogen-bond acceptors (Lipinski definition) is 4. The first kappa shape index (κ1) is 3.98. The van der Waals surface area contributed by atoms with Crippen LogP contribution in [0.4, 0.5) is 5.69 Å². The van der Waals surface area contributed by atoms with Gasteiger partial charge in [0.2, 0.25) is 0 Å². The quantitative estimate of drug-likeness (QED) is 0.661. The van der Waals surface area contributed by atoms with E-state index < -0.39 is 7.04 Å². The van der Waals surface area contributed by atoms with Crippen molar-refractivity contribution in [3.05, 3.63) is 11.2 Å². The zero-order chi connectivity index (χ0) is 10.1. The molecule has 1 rings (SSSR count). The van der Waals surface area contributed by atoms with Crippen LogP contribution in [0.3, 0.4) is 0 Å². The second-order valence-corrected chi connectivity index (χ2v) is 1.92. The Bertz CT molecular complexity index is 316. The largest absolute Gasteiger partial charge is 0.478 e. The lowest BCUT2D eigenvalue weighted by molar-refractivity contribution is 0.394. The third kappa shape index (κ3) is 1.27. The van der Waals surface area contributed by atoms with E-state index in [1.807, 2.05) is 0 Å². The van der Waals surface area contributed by atoms with E-state index in [-0.39, 0.29) is 16.7 Å². The molecule has 0 amide bonds. The molecule has 0 unspecified atom stereocenters. The molecule has 10 heavy (non-hydrogen) atoms. The first-order valence-corrected chi connectivity index (χ1v) is 2.74. The summed E-state index contributed by atoms with van der Waals surface area (Å²) < 4.78 is 24.8. The Morgan fingerprint density at radius 2 is 2.60 bits per heavy atom. The lowest BCUT2D eigenvalue weighted by Crippen LogP contribution is -1.96. The molecule has 0 saturated carbocycles. The lowest BCUT2D eigenvalue weighted by atomic mass is 10.5. The van der Waals surface area contributed by atoms with Crippen molar-refractivity contribution >= 4 is 17.3 Å². The molecule has 0 aliphatic carbocycles. The number of hydrogen-bond donors (Lipinski definition) is 1. The van der Waals surface area contributed by atoms with Gasteiger partial charge >= 0.3 is 0 Å². The summed E-state index contributed by atoms with van der Waals surface area (Å²) in [5, 5.41) is 6.84. The number of halogens is 1. The van der Waals surface area contributed by atoms with Gasteiger partial charge in [-0.15, -0.1) is 10.2 Å². The molecule has 0 fully saturated rings. The fourth-order valence-corrected chi connectivity index (χ4v) is 0.605. The van der Waals surface area contributed by atoms with Gasteiger partial charge in [0.25, 0.3) is 5.88 Å². The van der Waals surface area contributed by atoms with Gasteiger partial charge in [-0.05, 0) is 0 Å². The molecule has 4 nitrogen and oxygen atoms in total. The molecule has 0 radical (unpaired) electrons. The minimum Gasteiger partial charge on any atom is -0.478 e. The number of nitrogen functional groups attached to an aromatic ring is 1. The van der Waals surface area contributed by atoms with E-state index in [0.717, 1.165) is 0 Å². The predicted octanol–water partition coefficient (Wildman–Crippen LogP) is 0.721. The Labute approximate surface area is 67.2 Å². The van der Waals surface area contributed by atoms with Gasteiger partial charge in [0, 0.05) is 6.07 Å². The molecule has 1 aromatic heterocycles. The average molecular weight is 163 g/mol. The van der Waals surface area contributed by atoms with E-state index >= 15 is 0 Å². The Kier molecular flexibility index (Phi) is 1.07. The van der Waals surface area contributed by atoms with Gasteiger partial charge in [0.1, 0.15) is 0 Å². The van der Waals surface area contributed by atoms with Crippen LogP contribution in [0.5, 0.6) is 5.88 Å². The lowest BCUT2D eigenvalue weighted by Gasteiger charge is -1.99. The summed E-state index contributed by atoms with van der Waals surface area (Å²) in [6, 6.07) is 1.26. The SMILES string of the molecule is [2H]C([2H])([2H])Oc1nnc(Cl)cc1N. The second-order valence-electron chi connectivity index (χ2n) is 1.53. The molecule has 2 N–H and O–H groups in total. The standard InChI is InChI=1S/C5H6ClN3O/c1-10-5-3(7)2-4(6)8-9-5/h2H,1H3,(H2,7,8)/i1D3. The summed E-state index contributed by atoms with van der Waals surface area (Å²) in [7, 11) is -2.59. The van der Waals surface area contributed by atoms with Crippen molar-refractivity contribution in [2.45, 2.75) is 0 Å². The number of anilines is 1. The maximum Gasteiger partial charge on any atom is 0.256 e. The predicted molar refractivity (Wildman–Crippen MR) is 38.0 cm³/mol. The minimum absolute atomic E-state index is 0.0381. The number of nitrogens with two attached hydrogens (primary N) is 1. The molecule has 0 saturated heterocycles. The van der Waals surface area contributed by atoms with Crippen LogP contribution in [-0.4, -0.2) is 17.2 Å². The zero-order valence-corrected chi connectivity index (χ0v) is 5.59. The van der Waals surface area contributed by atoms with Crippen LogP contribution in [0.1, 0.15) is 4.11 Å². The molecular weight excluding hydrogens is 154 g/mol. The smallest absolute Gasteiger partial charge is 0.256 e. The highest BCUT2D eigenvalue weighted by Crippen LogP contribution is 2.18. The van der Waals surface area contributed by atoms with Crippen LogP contribution in [0.2, 0.25) is 5.15 Å². The van der Waals surface area contributed by atoms with Gasteiger partial charge < -0.3 is 10.5 Å². The van der Waals surface area contributed by atoms with Crippen molar-refractivity contribution in [2.24, 2.45) is 0 Å². The number of nitrogens with zero attached hydrogens (tertiary/aromatic N) is 2. The highest BCUT2D eigenvalue weighted by Gasteiger charge is 2.00. The maximum atomic E-state index is 6.77.